The number of hydrogen-bond acceptors (Lipinski definition) is 6. The molecule has 2 aromatic rings. The van der Waals surface area contributed by atoms with Crippen LogP contribution in [0.4, 0.5) is 0 Å². The Kier molecular flexibility index (Phi) is 4.26. The second-order valence-electron chi connectivity index (χ2n) is 5.72. The van der Waals surface area contributed by atoms with E-state index in [1.807, 2.05) is 18.2 Å². The third kappa shape index (κ3) is 3.46. The molecule has 6 nitrogen and oxygen atoms in total. The van der Waals surface area contributed by atoms with Crippen molar-refractivity contribution in [3.63, 3.8) is 0 Å². The minimum atomic E-state index is 0.236. The van der Waals surface area contributed by atoms with Crippen LogP contribution in [-0.2, 0) is 6.54 Å². The van der Waals surface area contributed by atoms with Gasteiger partial charge < -0.3 is 10.3 Å². The van der Waals surface area contributed by atoms with Crippen LogP contribution in [0, 0.1) is 5.92 Å². The van der Waals surface area contributed by atoms with Crippen LogP contribution >= 0.6 is 0 Å². The highest BCUT2D eigenvalue weighted by atomic mass is 16.5. The molecule has 0 amide bonds. The van der Waals surface area contributed by atoms with Gasteiger partial charge in [0, 0.05) is 18.8 Å². The quantitative estimate of drug-likeness (QED) is 0.921. The molecule has 1 aliphatic heterocycles. The molecule has 0 spiro atoms. The molecule has 0 radical (unpaired) electrons. The van der Waals surface area contributed by atoms with E-state index in [-0.39, 0.29) is 6.04 Å². The smallest absolute Gasteiger partial charge is 0.241 e. The van der Waals surface area contributed by atoms with E-state index >= 15 is 0 Å². The fourth-order valence-electron chi connectivity index (χ4n) is 2.77. The number of aromatic nitrogens is 3. The summed E-state index contributed by atoms with van der Waals surface area (Å²) >= 11 is 0. The zero-order valence-electron chi connectivity index (χ0n) is 12.3. The fraction of sp³-hybridized carbons (Fsp3) is 0.533. The lowest BCUT2D eigenvalue weighted by Crippen LogP contribution is -2.41. The summed E-state index contributed by atoms with van der Waals surface area (Å²) in [7, 11) is 0. The van der Waals surface area contributed by atoms with Gasteiger partial charge in [-0.25, -0.2) is 0 Å². The van der Waals surface area contributed by atoms with Crippen molar-refractivity contribution in [1.82, 2.24) is 20.0 Å². The molecule has 0 aromatic carbocycles. The Morgan fingerprint density at radius 1 is 1.48 bits per heavy atom. The number of hydrogen-bond donors (Lipinski definition) is 1. The molecule has 1 fully saturated rings. The lowest BCUT2D eigenvalue weighted by atomic mass is 9.92. The fourth-order valence-corrected chi connectivity index (χ4v) is 2.77. The molecule has 2 unspecified atom stereocenters. The largest absolute Gasteiger partial charge is 0.337 e. The molecule has 2 aromatic heterocycles. The van der Waals surface area contributed by atoms with Crippen LogP contribution in [-0.4, -0.2) is 39.2 Å². The summed E-state index contributed by atoms with van der Waals surface area (Å²) in [5.41, 5.74) is 6.75. The summed E-state index contributed by atoms with van der Waals surface area (Å²) in [6.07, 6.45) is 4.11. The highest BCUT2D eigenvalue weighted by molar-refractivity contribution is 5.46. The second-order valence-corrected chi connectivity index (χ2v) is 5.72. The van der Waals surface area contributed by atoms with E-state index in [2.05, 4.69) is 26.9 Å². The number of nitrogens with two attached hydrogens (primary N) is 1. The number of likely N-dealkylation sites (tertiary alicyclic amines) is 1. The first-order valence-corrected chi connectivity index (χ1v) is 7.44. The summed E-state index contributed by atoms with van der Waals surface area (Å²) < 4.78 is 5.34. The van der Waals surface area contributed by atoms with E-state index < -0.39 is 0 Å². The zero-order chi connectivity index (χ0) is 14.7. The van der Waals surface area contributed by atoms with Gasteiger partial charge in [0.25, 0.3) is 0 Å². The molecule has 0 bridgehead atoms. The number of nitrogens with zero attached hydrogens (tertiary/aromatic N) is 4. The van der Waals surface area contributed by atoms with Gasteiger partial charge in [0.2, 0.25) is 11.7 Å². The third-order valence-electron chi connectivity index (χ3n) is 4.01. The van der Waals surface area contributed by atoms with Crippen LogP contribution in [0.15, 0.2) is 28.9 Å². The van der Waals surface area contributed by atoms with Gasteiger partial charge in [0.05, 0.1) is 6.54 Å². The second kappa shape index (κ2) is 6.32. The van der Waals surface area contributed by atoms with E-state index in [4.69, 9.17) is 10.3 Å². The highest BCUT2D eigenvalue weighted by Gasteiger charge is 2.24. The summed E-state index contributed by atoms with van der Waals surface area (Å²) in [4.78, 5) is 11.0. The van der Waals surface area contributed by atoms with Crippen molar-refractivity contribution in [3.05, 3.63) is 30.3 Å². The van der Waals surface area contributed by atoms with E-state index in [0.29, 0.717) is 24.2 Å². The van der Waals surface area contributed by atoms with Gasteiger partial charge in [-0.15, -0.1) is 0 Å². The lowest BCUT2D eigenvalue weighted by molar-refractivity contribution is 0.139. The SMILES string of the molecule is CC(N)C1CCCN(Cc2nc(-c3ccccn3)no2)C1. The molecule has 3 rings (SSSR count). The number of rotatable bonds is 4. The molecular weight excluding hydrogens is 266 g/mol. The van der Waals surface area contributed by atoms with Crippen molar-refractivity contribution in [2.75, 3.05) is 13.1 Å². The lowest BCUT2D eigenvalue weighted by Gasteiger charge is -2.33. The monoisotopic (exact) mass is 287 g/mol. The third-order valence-corrected chi connectivity index (χ3v) is 4.01. The van der Waals surface area contributed by atoms with Crippen molar-refractivity contribution < 1.29 is 4.52 Å². The Hall–Kier alpha value is -1.79. The standard InChI is InChI=1S/C15H21N5O/c1-11(16)12-5-4-8-20(9-12)10-14-18-15(19-21-14)13-6-2-3-7-17-13/h2-3,6-7,11-12H,4-5,8-10,16H2,1H3. The Bertz CT molecular complexity index is 568. The van der Waals surface area contributed by atoms with Gasteiger partial charge in [0.15, 0.2) is 0 Å². The average Bonchev–Trinajstić information content (AvgIpc) is 2.97. The van der Waals surface area contributed by atoms with E-state index in [0.717, 1.165) is 18.8 Å². The van der Waals surface area contributed by atoms with Crippen molar-refractivity contribution >= 4 is 0 Å². The Labute approximate surface area is 124 Å². The van der Waals surface area contributed by atoms with Gasteiger partial charge in [-0.1, -0.05) is 11.2 Å². The average molecular weight is 287 g/mol. The molecule has 1 aliphatic rings. The van der Waals surface area contributed by atoms with E-state index in [1.54, 1.807) is 6.20 Å². The molecule has 2 N–H and O–H groups in total. The number of piperidine rings is 1. The van der Waals surface area contributed by atoms with Crippen molar-refractivity contribution in [2.24, 2.45) is 11.7 Å². The van der Waals surface area contributed by atoms with Crippen LogP contribution in [0.25, 0.3) is 11.5 Å². The maximum Gasteiger partial charge on any atom is 0.241 e. The van der Waals surface area contributed by atoms with Crippen molar-refractivity contribution in [1.29, 1.82) is 0 Å². The van der Waals surface area contributed by atoms with Gasteiger partial charge in [-0.2, -0.15) is 4.98 Å². The summed E-state index contributed by atoms with van der Waals surface area (Å²) in [5, 5.41) is 4.01. The van der Waals surface area contributed by atoms with Gasteiger partial charge in [0.1, 0.15) is 5.69 Å². The molecule has 3 heterocycles. The summed E-state index contributed by atoms with van der Waals surface area (Å²) in [6.45, 7) is 4.83. The molecule has 112 valence electrons. The predicted molar refractivity (Wildman–Crippen MR) is 79.2 cm³/mol. The molecule has 6 heteroatoms. The van der Waals surface area contributed by atoms with Crippen LogP contribution in [0.2, 0.25) is 0 Å². The minimum Gasteiger partial charge on any atom is -0.337 e. The van der Waals surface area contributed by atoms with Crippen LogP contribution in [0.3, 0.4) is 0 Å². The molecule has 0 saturated carbocycles. The van der Waals surface area contributed by atoms with Gasteiger partial charge in [-0.3, -0.25) is 9.88 Å². The maximum atomic E-state index is 6.02. The van der Waals surface area contributed by atoms with Crippen molar-refractivity contribution in [2.45, 2.75) is 32.4 Å². The van der Waals surface area contributed by atoms with Gasteiger partial charge in [-0.05, 0) is 44.4 Å². The molecule has 0 aliphatic carbocycles. The zero-order valence-corrected chi connectivity index (χ0v) is 12.3. The molecular formula is C15H21N5O. The van der Waals surface area contributed by atoms with Crippen LogP contribution in [0.1, 0.15) is 25.7 Å². The molecule has 1 saturated heterocycles. The first-order chi connectivity index (χ1) is 10.2. The van der Waals surface area contributed by atoms with Crippen LogP contribution in [0.5, 0.6) is 0 Å². The topological polar surface area (TPSA) is 81.1 Å². The highest BCUT2D eigenvalue weighted by Crippen LogP contribution is 2.21. The van der Waals surface area contributed by atoms with E-state index in [9.17, 15) is 0 Å². The normalized spacial score (nSPS) is 21.3. The Balaban J connectivity index is 1.65. The first kappa shape index (κ1) is 14.2. The van der Waals surface area contributed by atoms with Crippen LogP contribution < -0.4 is 5.73 Å². The van der Waals surface area contributed by atoms with Crippen molar-refractivity contribution in [3.8, 4) is 11.5 Å². The molecule has 21 heavy (non-hydrogen) atoms. The maximum absolute atomic E-state index is 6.02. The number of pyridine rings is 1. The Morgan fingerprint density at radius 2 is 2.38 bits per heavy atom. The van der Waals surface area contributed by atoms with E-state index in [1.165, 1.54) is 12.8 Å². The molecule has 2 atom stereocenters. The van der Waals surface area contributed by atoms with Gasteiger partial charge >= 0.3 is 0 Å². The predicted octanol–water partition coefficient (Wildman–Crippen LogP) is 1.69. The summed E-state index contributed by atoms with van der Waals surface area (Å²) in [6, 6.07) is 5.89. The Morgan fingerprint density at radius 3 is 3.14 bits per heavy atom. The summed E-state index contributed by atoms with van der Waals surface area (Å²) in [5.74, 6) is 1.74. The first-order valence-electron chi connectivity index (χ1n) is 7.44. The minimum absolute atomic E-state index is 0.236.